The van der Waals surface area contributed by atoms with Crippen molar-refractivity contribution in [3.63, 3.8) is 0 Å². The first-order valence-electron chi connectivity index (χ1n) is 6.57. The summed E-state index contributed by atoms with van der Waals surface area (Å²) in [5.74, 6) is 0. The Morgan fingerprint density at radius 3 is 2.94 bits per heavy atom. The molecule has 4 atom stereocenters. The van der Waals surface area contributed by atoms with E-state index >= 15 is 0 Å². The number of rotatable bonds is 6. The normalized spacial score (nSPS) is 28.7. The van der Waals surface area contributed by atoms with Crippen LogP contribution in [0.2, 0.25) is 0 Å². The largest absolute Gasteiger partial charge is 0.377 e. The minimum atomic E-state index is 0.149. The highest BCUT2D eigenvalue weighted by molar-refractivity contribution is 5.09. The molecule has 18 heavy (non-hydrogen) atoms. The molecule has 0 spiro atoms. The number of nitrogens with zero attached hydrogens (tertiary/aromatic N) is 1. The second kappa shape index (κ2) is 6.27. The van der Waals surface area contributed by atoms with Crippen LogP contribution in [-0.4, -0.2) is 37.0 Å². The number of aromatic nitrogens is 1. The molecule has 1 fully saturated rings. The summed E-state index contributed by atoms with van der Waals surface area (Å²) in [6.07, 6.45) is 3.21. The first-order valence-corrected chi connectivity index (χ1v) is 6.57. The molecule has 1 N–H and O–H groups in total. The van der Waals surface area contributed by atoms with Crippen LogP contribution in [0.1, 0.15) is 32.0 Å². The molecule has 4 heteroatoms. The van der Waals surface area contributed by atoms with Gasteiger partial charge in [-0.25, -0.2) is 0 Å². The van der Waals surface area contributed by atoms with Crippen molar-refractivity contribution in [3.8, 4) is 0 Å². The van der Waals surface area contributed by atoms with Gasteiger partial charge in [0.2, 0.25) is 0 Å². The zero-order chi connectivity index (χ0) is 13.0. The summed E-state index contributed by atoms with van der Waals surface area (Å²) in [4.78, 5) is 4.36. The van der Waals surface area contributed by atoms with Gasteiger partial charge in [-0.1, -0.05) is 6.07 Å². The number of pyridine rings is 1. The molecule has 1 saturated carbocycles. The average Bonchev–Trinajstić information content (AvgIpc) is 2.38. The standard InChI is InChI=1S/C14H22N2O2/c1-4-18-13-9-12(14(13)17-3)16-10(2)11-7-5-6-8-15-11/h5-8,10,12-14,16H,4,9H2,1-3H3/t10-,12?,13?,14?/m1/s1. The lowest BCUT2D eigenvalue weighted by atomic mass is 9.84. The van der Waals surface area contributed by atoms with E-state index in [0.717, 1.165) is 18.7 Å². The van der Waals surface area contributed by atoms with Gasteiger partial charge >= 0.3 is 0 Å². The molecule has 1 aromatic rings. The minimum Gasteiger partial charge on any atom is -0.377 e. The van der Waals surface area contributed by atoms with E-state index in [4.69, 9.17) is 9.47 Å². The van der Waals surface area contributed by atoms with Crippen LogP contribution in [0.15, 0.2) is 24.4 Å². The summed E-state index contributed by atoms with van der Waals surface area (Å²) in [6, 6.07) is 6.57. The van der Waals surface area contributed by atoms with E-state index < -0.39 is 0 Å². The van der Waals surface area contributed by atoms with Crippen molar-refractivity contribution in [2.24, 2.45) is 0 Å². The monoisotopic (exact) mass is 250 g/mol. The maximum Gasteiger partial charge on any atom is 0.0987 e. The van der Waals surface area contributed by atoms with Crippen molar-refractivity contribution in [3.05, 3.63) is 30.1 Å². The third-order valence-electron chi connectivity index (χ3n) is 3.50. The molecule has 3 unspecified atom stereocenters. The zero-order valence-corrected chi connectivity index (χ0v) is 11.3. The summed E-state index contributed by atoms with van der Waals surface area (Å²) in [7, 11) is 1.75. The lowest BCUT2D eigenvalue weighted by molar-refractivity contribution is -0.133. The van der Waals surface area contributed by atoms with Crippen LogP contribution in [-0.2, 0) is 9.47 Å². The van der Waals surface area contributed by atoms with Crippen LogP contribution in [0.25, 0.3) is 0 Å². The Morgan fingerprint density at radius 1 is 1.50 bits per heavy atom. The molecule has 0 amide bonds. The van der Waals surface area contributed by atoms with Gasteiger partial charge in [-0.05, 0) is 32.4 Å². The third-order valence-corrected chi connectivity index (χ3v) is 3.50. The molecular weight excluding hydrogens is 228 g/mol. The van der Waals surface area contributed by atoms with Crippen molar-refractivity contribution in [2.45, 2.75) is 44.6 Å². The Hall–Kier alpha value is -0.970. The van der Waals surface area contributed by atoms with Crippen molar-refractivity contribution < 1.29 is 9.47 Å². The van der Waals surface area contributed by atoms with Gasteiger partial charge in [0.15, 0.2) is 0 Å². The zero-order valence-electron chi connectivity index (χ0n) is 11.3. The molecular formula is C14H22N2O2. The molecule has 2 rings (SSSR count). The minimum absolute atomic E-state index is 0.149. The van der Waals surface area contributed by atoms with Gasteiger partial charge < -0.3 is 14.8 Å². The van der Waals surface area contributed by atoms with Gasteiger partial charge in [-0.3, -0.25) is 4.98 Å². The van der Waals surface area contributed by atoms with Gasteiger partial charge in [0.25, 0.3) is 0 Å². The summed E-state index contributed by atoms with van der Waals surface area (Å²) >= 11 is 0. The third kappa shape index (κ3) is 2.88. The maximum atomic E-state index is 5.62. The lowest BCUT2D eigenvalue weighted by Crippen LogP contribution is -2.60. The van der Waals surface area contributed by atoms with E-state index in [1.807, 2.05) is 31.3 Å². The molecule has 0 saturated heterocycles. The van der Waals surface area contributed by atoms with E-state index in [1.54, 1.807) is 7.11 Å². The van der Waals surface area contributed by atoms with Crippen molar-refractivity contribution in [2.75, 3.05) is 13.7 Å². The number of hydrogen-bond donors (Lipinski definition) is 1. The maximum absolute atomic E-state index is 5.62. The van der Waals surface area contributed by atoms with Crippen LogP contribution >= 0.6 is 0 Å². The topological polar surface area (TPSA) is 43.4 Å². The van der Waals surface area contributed by atoms with Crippen LogP contribution < -0.4 is 5.32 Å². The smallest absolute Gasteiger partial charge is 0.0987 e. The summed E-state index contributed by atoms with van der Waals surface area (Å²) in [6.45, 7) is 4.89. The summed E-state index contributed by atoms with van der Waals surface area (Å²) in [5.41, 5.74) is 1.06. The predicted octanol–water partition coefficient (Wildman–Crippen LogP) is 1.92. The molecule has 4 nitrogen and oxygen atoms in total. The van der Waals surface area contributed by atoms with Crippen molar-refractivity contribution >= 4 is 0 Å². The van der Waals surface area contributed by atoms with Crippen LogP contribution in [0, 0.1) is 0 Å². The molecule has 1 aliphatic carbocycles. The molecule has 100 valence electrons. The highest BCUT2D eigenvalue weighted by atomic mass is 16.5. The second-order valence-corrected chi connectivity index (χ2v) is 4.68. The van der Waals surface area contributed by atoms with Gasteiger partial charge in [0, 0.05) is 32.0 Å². The van der Waals surface area contributed by atoms with E-state index in [0.29, 0.717) is 6.04 Å². The summed E-state index contributed by atoms with van der Waals surface area (Å²) in [5, 5.41) is 3.55. The van der Waals surface area contributed by atoms with Gasteiger partial charge in [0.05, 0.1) is 17.9 Å². The Morgan fingerprint density at radius 2 is 2.33 bits per heavy atom. The van der Waals surface area contributed by atoms with Crippen LogP contribution in [0.4, 0.5) is 0 Å². The number of methoxy groups -OCH3 is 1. The Bertz CT molecular complexity index is 358. The first kappa shape index (κ1) is 13.5. The van der Waals surface area contributed by atoms with Crippen LogP contribution in [0.5, 0.6) is 0 Å². The summed E-state index contributed by atoms with van der Waals surface area (Å²) < 4.78 is 11.1. The Balaban J connectivity index is 1.87. The Kier molecular flexibility index (Phi) is 4.69. The fourth-order valence-corrected chi connectivity index (χ4v) is 2.48. The molecule has 1 aromatic heterocycles. The molecule has 0 aliphatic heterocycles. The average molecular weight is 250 g/mol. The molecule has 1 heterocycles. The number of nitrogens with one attached hydrogen (secondary N) is 1. The quantitative estimate of drug-likeness (QED) is 0.837. The van der Waals surface area contributed by atoms with E-state index in [1.165, 1.54) is 0 Å². The second-order valence-electron chi connectivity index (χ2n) is 4.68. The van der Waals surface area contributed by atoms with Gasteiger partial charge in [0.1, 0.15) is 0 Å². The highest BCUT2D eigenvalue weighted by Crippen LogP contribution is 2.28. The molecule has 0 radical (unpaired) electrons. The fraction of sp³-hybridized carbons (Fsp3) is 0.643. The van der Waals surface area contributed by atoms with Crippen molar-refractivity contribution in [1.29, 1.82) is 0 Å². The predicted molar refractivity (Wildman–Crippen MR) is 70.4 cm³/mol. The SMILES string of the molecule is CCOC1CC(N[C@H](C)c2ccccn2)C1OC. The highest BCUT2D eigenvalue weighted by Gasteiger charge is 2.42. The van der Waals surface area contributed by atoms with Crippen molar-refractivity contribution in [1.82, 2.24) is 10.3 Å². The molecule has 0 bridgehead atoms. The van der Waals surface area contributed by atoms with Crippen LogP contribution in [0.3, 0.4) is 0 Å². The first-order chi connectivity index (χ1) is 8.76. The molecule has 0 aromatic carbocycles. The van der Waals surface area contributed by atoms with Gasteiger partial charge in [-0.2, -0.15) is 0 Å². The Labute approximate surface area is 109 Å². The fourth-order valence-electron chi connectivity index (χ4n) is 2.48. The lowest BCUT2D eigenvalue weighted by Gasteiger charge is -2.44. The van der Waals surface area contributed by atoms with E-state index in [-0.39, 0.29) is 18.2 Å². The van der Waals surface area contributed by atoms with E-state index in [2.05, 4.69) is 17.2 Å². The van der Waals surface area contributed by atoms with Gasteiger partial charge in [-0.15, -0.1) is 0 Å². The number of ether oxygens (including phenoxy) is 2. The number of hydrogen-bond acceptors (Lipinski definition) is 4. The van der Waals surface area contributed by atoms with E-state index in [9.17, 15) is 0 Å². The molecule has 1 aliphatic rings.